The van der Waals surface area contributed by atoms with E-state index in [1.165, 1.54) is 10.7 Å². The third-order valence-electron chi connectivity index (χ3n) is 2.11. The maximum Gasteiger partial charge on any atom is 0.104 e. The zero-order valence-corrected chi connectivity index (χ0v) is 8.91. The maximum atomic E-state index is 4.62. The molecule has 0 unspecified atom stereocenters. The SMILES string of the molecule is C[Si](C)c1ccc2ccccc2n1. The van der Waals surface area contributed by atoms with Gasteiger partial charge in [-0.3, -0.25) is 4.98 Å². The van der Waals surface area contributed by atoms with Gasteiger partial charge in [-0.1, -0.05) is 37.4 Å². The van der Waals surface area contributed by atoms with Crippen molar-refractivity contribution in [3.05, 3.63) is 36.4 Å². The Bertz CT molecular complexity index is 423. The molecule has 1 nitrogen and oxygen atoms in total. The Balaban J connectivity index is 2.62. The fourth-order valence-corrected chi connectivity index (χ4v) is 2.11. The zero-order valence-electron chi connectivity index (χ0n) is 7.91. The molecule has 0 aliphatic rings. The summed E-state index contributed by atoms with van der Waals surface area (Å²) in [5.74, 6) is 0. The van der Waals surface area contributed by atoms with Gasteiger partial charge in [-0.25, -0.2) is 0 Å². The first-order valence-electron chi connectivity index (χ1n) is 4.44. The molecule has 0 bridgehead atoms. The summed E-state index contributed by atoms with van der Waals surface area (Å²) in [5, 5.41) is 2.50. The molecule has 2 aromatic rings. The number of hydrogen-bond donors (Lipinski definition) is 0. The molecule has 0 saturated heterocycles. The molecule has 0 spiro atoms. The Morgan fingerprint density at radius 3 is 2.54 bits per heavy atom. The molecule has 0 saturated carbocycles. The molecule has 2 heteroatoms. The number of benzene rings is 1. The van der Waals surface area contributed by atoms with Gasteiger partial charge in [0.25, 0.3) is 0 Å². The van der Waals surface area contributed by atoms with E-state index in [0.29, 0.717) is 0 Å². The zero-order chi connectivity index (χ0) is 9.26. The highest BCUT2D eigenvalue weighted by molar-refractivity contribution is 6.70. The van der Waals surface area contributed by atoms with E-state index in [0.717, 1.165) is 5.52 Å². The van der Waals surface area contributed by atoms with Crippen molar-refractivity contribution in [1.29, 1.82) is 0 Å². The van der Waals surface area contributed by atoms with Crippen LogP contribution in [0.2, 0.25) is 13.1 Å². The average molecular weight is 186 g/mol. The van der Waals surface area contributed by atoms with E-state index in [4.69, 9.17) is 0 Å². The highest BCUT2D eigenvalue weighted by Crippen LogP contribution is 2.08. The summed E-state index contributed by atoms with van der Waals surface area (Å²) in [5.41, 5.74) is 1.12. The first kappa shape index (κ1) is 8.45. The molecule has 0 atom stereocenters. The Morgan fingerprint density at radius 2 is 1.77 bits per heavy atom. The lowest BCUT2D eigenvalue weighted by molar-refractivity contribution is 1.46. The van der Waals surface area contributed by atoms with Crippen LogP contribution in [0, 0.1) is 0 Å². The average Bonchev–Trinajstić information content (AvgIpc) is 2.17. The Morgan fingerprint density at radius 1 is 1.00 bits per heavy atom. The van der Waals surface area contributed by atoms with Gasteiger partial charge in [-0.15, -0.1) is 0 Å². The number of rotatable bonds is 1. The number of pyridine rings is 1. The van der Waals surface area contributed by atoms with Crippen LogP contribution in [0.15, 0.2) is 36.4 Å². The predicted molar refractivity (Wildman–Crippen MR) is 58.9 cm³/mol. The lowest BCUT2D eigenvalue weighted by atomic mass is 10.2. The molecule has 0 amide bonds. The Kier molecular flexibility index (Phi) is 2.15. The second-order valence-corrected chi connectivity index (χ2v) is 5.90. The van der Waals surface area contributed by atoms with Crippen LogP contribution in [-0.4, -0.2) is 13.8 Å². The van der Waals surface area contributed by atoms with E-state index in [1.54, 1.807) is 0 Å². The fourth-order valence-electron chi connectivity index (χ4n) is 1.34. The van der Waals surface area contributed by atoms with Gasteiger partial charge >= 0.3 is 0 Å². The van der Waals surface area contributed by atoms with Crippen LogP contribution < -0.4 is 5.32 Å². The Labute approximate surface area is 80.0 Å². The van der Waals surface area contributed by atoms with Gasteiger partial charge in [0, 0.05) is 10.7 Å². The molecule has 13 heavy (non-hydrogen) atoms. The summed E-state index contributed by atoms with van der Waals surface area (Å²) >= 11 is 0. The van der Waals surface area contributed by atoms with Crippen LogP contribution >= 0.6 is 0 Å². The third kappa shape index (κ3) is 1.63. The summed E-state index contributed by atoms with van der Waals surface area (Å²) < 4.78 is 0. The predicted octanol–water partition coefficient (Wildman–Crippen LogP) is 2.20. The molecule has 0 fully saturated rings. The number of aromatic nitrogens is 1. The summed E-state index contributed by atoms with van der Waals surface area (Å²) in [6.45, 7) is 4.53. The molecular weight excluding hydrogens is 174 g/mol. The van der Waals surface area contributed by atoms with Gasteiger partial charge in [0.05, 0.1) is 5.52 Å². The van der Waals surface area contributed by atoms with Crippen molar-refractivity contribution in [2.75, 3.05) is 0 Å². The summed E-state index contributed by atoms with van der Waals surface area (Å²) in [6.07, 6.45) is 0. The standard InChI is InChI=1S/C11H12NSi/c1-13(2)11-8-7-9-5-3-4-6-10(9)12-11/h3-8H,1-2H3. The van der Waals surface area contributed by atoms with Crippen molar-refractivity contribution in [3.63, 3.8) is 0 Å². The molecule has 0 aliphatic heterocycles. The van der Waals surface area contributed by atoms with Gasteiger partial charge < -0.3 is 0 Å². The number of fused-ring (bicyclic) bond motifs is 1. The van der Waals surface area contributed by atoms with Crippen molar-refractivity contribution in [2.24, 2.45) is 0 Å². The first-order valence-corrected chi connectivity index (χ1v) is 6.94. The van der Waals surface area contributed by atoms with Gasteiger partial charge in [-0.2, -0.15) is 0 Å². The largest absolute Gasteiger partial charge is 0.258 e. The minimum Gasteiger partial charge on any atom is -0.258 e. The summed E-state index contributed by atoms with van der Waals surface area (Å²) in [4.78, 5) is 4.62. The van der Waals surface area contributed by atoms with Crippen molar-refractivity contribution >= 4 is 25.0 Å². The van der Waals surface area contributed by atoms with E-state index < -0.39 is 8.80 Å². The molecule has 1 aromatic carbocycles. The molecular formula is C11H12NSi. The van der Waals surface area contributed by atoms with Crippen molar-refractivity contribution in [2.45, 2.75) is 13.1 Å². The minimum absolute atomic E-state index is 0.414. The second kappa shape index (κ2) is 3.30. The molecule has 0 N–H and O–H groups in total. The number of nitrogens with zero attached hydrogens (tertiary/aromatic N) is 1. The quantitative estimate of drug-likeness (QED) is 0.622. The minimum atomic E-state index is -0.414. The molecule has 1 aromatic heterocycles. The normalized spacial score (nSPS) is 11.0. The van der Waals surface area contributed by atoms with Crippen LogP contribution in [-0.2, 0) is 0 Å². The van der Waals surface area contributed by atoms with Gasteiger partial charge in [0.1, 0.15) is 8.80 Å². The van der Waals surface area contributed by atoms with Crippen molar-refractivity contribution < 1.29 is 0 Å². The van der Waals surface area contributed by atoms with Gasteiger partial charge in [-0.05, 0) is 12.1 Å². The van der Waals surface area contributed by atoms with E-state index in [-0.39, 0.29) is 0 Å². The van der Waals surface area contributed by atoms with E-state index in [1.807, 2.05) is 12.1 Å². The molecule has 0 aliphatic carbocycles. The molecule has 1 heterocycles. The molecule has 65 valence electrons. The van der Waals surface area contributed by atoms with Gasteiger partial charge in [0.15, 0.2) is 0 Å². The summed E-state index contributed by atoms with van der Waals surface area (Å²) in [7, 11) is -0.414. The van der Waals surface area contributed by atoms with E-state index >= 15 is 0 Å². The summed E-state index contributed by atoms with van der Waals surface area (Å²) in [6, 6.07) is 12.6. The second-order valence-electron chi connectivity index (χ2n) is 3.39. The van der Waals surface area contributed by atoms with Crippen LogP contribution in [0.25, 0.3) is 10.9 Å². The van der Waals surface area contributed by atoms with Crippen molar-refractivity contribution in [3.8, 4) is 0 Å². The highest BCUT2D eigenvalue weighted by Gasteiger charge is 2.02. The van der Waals surface area contributed by atoms with E-state index in [9.17, 15) is 0 Å². The van der Waals surface area contributed by atoms with Crippen LogP contribution in [0.3, 0.4) is 0 Å². The number of para-hydroxylation sites is 1. The van der Waals surface area contributed by atoms with Crippen molar-refractivity contribution in [1.82, 2.24) is 4.98 Å². The topological polar surface area (TPSA) is 12.9 Å². The van der Waals surface area contributed by atoms with Crippen LogP contribution in [0.1, 0.15) is 0 Å². The van der Waals surface area contributed by atoms with Gasteiger partial charge in [0.2, 0.25) is 0 Å². The lowest BCUT2D eigenvalue weighted by Gasteiger charge is -2.03. The first-order chi connectivity index (χ1) is 6.27. The Hall–Kier alpha value is -1.15. The lowest BCUT2D eigenvalue weighted by Crippen LogP contribution is -2.25. The molecule has 1 radical (unpaired) electrons. The van der Waals surface area contributed by atoms with Crippen LogP contribution in [0.5, 0.6) is 0 Å². The maximum absolute atomic E-state index is 4.62. The van der Waals surface area contributed by atoms with Crippen LogP contribution in [0.4, 0.5) is 0 Å². The van der Waals surface area contributed by atoms with E-state index in [2.05, 4.69) is 42.3 Å². The molecule has 2 rings (SSSR count). The third-order valence-corrected chi connectivity index (χ3v) is 3.41. The fraction of sp³-hybridized carbons (Fsp3) is 0.182. The monoisotopic (exact) mass is 186 g/mol. The number of hydrogen-bond acceptors (Lipinski definition) is 1. The smallest absolute Gasteiger partial charge is 0.104 e. The highest BCUT2D eigenvalue weighted by atomic mass is 28.3.